The Morgan fingerprint density at radius 2 is 1.87 bits per heavy atom. The molecule has 0 fully saturated rings. The van der Waals surface area contributed by atoms with E-state index >= 15 is 0 Å². The summed E-state index contributed by atoms with van der Waals surface area (Å²) in [4.78, 5) is 17.4. The topological polar surface area (TPSA) is 42.0 Å². The van der Waals surface area contributed by atoms with Crippen molar-refractivity contribution >= 4 is 34.0 Å². The molecule has 0 radical (unpaired) electrons. The molecule has 0 spiro atoms. The summed E-state index contributed by atoms with van der Waals surface area (Å²) in [6.45, 7) is 0. The maximum Gasteiger partial charge on any atom is 0.230 e. The van der Waals surface area contributed by atoms with Crippen molar-refractivity contribution < 1.29 is 4.79 Å². The Balaban J connectivity index is 1.60. The summed E-state index contributed by atoms with van der Waals surface area (Å²) in [6.07, 6.45) is 2.90. The van der Waals surface area contributed by atoms with Gasteiger partial charge in [-0.1, -0.05) is 54.1 Å². The monoisotopic (exact) mass is 342 g/mol. The average Bonchev–Trinajstić information content (AvgIpc) is 2.95. The standard InChI is InChI=1S/C18H15ClN2OS/c19-15-8-4-7-14(9-15)10-16-12-20-18(23-16)21-17(22)11-13-5-2-1-3-6-13/h1-9,12H,10-11H2,(H,20,21,22). The van der Waals surface area contributed by atoms with Gasteiger partial charge >= 0.3 is 0 Å². The van der Waals surface area contributed by atoms with Crippen LogP contribution in [0, 0.1) is 0 Å². The van der Waals surface area contributed by atoms with Crippen molar-refractivity contribution in [2.75, 3.05) is 5.32 Å². The molecule has 3 rings (SSSR count). The quantitative estimate of drug-likeness (QED) is 0.738. The van der Waals surface area contributed by atoms with E-state index < -0.39 is 0 Å². The molecule has 0 unspecified atom stereocenters. The Bertz CT molecular complexity index is 802. The van der Waals surface area contributed by atoms with Gasteiger partial charge in [0.25, 0.3) is 0 Å². The van der Waals surface area contributed by atoms with Crippen LogP contribution in [0.2, 0.25) is 5.02 Å². The van der Waals surface area contributed by atoms with Crippen LogP contribution in [0.25, 0.3) is 0 Å². The first-order chi connectivity index (χ1) is 11.2. The minimum absolute atomic E-state index is 0.0557. The zero-order chi connectivity index (χ0) is 16.1. The zero-order valence-electron chi connectivity index (χ0n) is 12.3. The molecule has 0 saturated heterocycles. The largest absolute Gasteiger partial charge is 0.302 e. The number of amides is 1. The Kier molecular flexibility index (Phi) is 5.05. The molecule has 23 heavy (non-hydrogen) atoms. The fourth-order valence-electron chi connectivity index (χ4n) is 2.24. The van der Waals surface area contributed by atoms with E-state index in [0.717, 1.165) is 27.4 Å². The molecule has 0 aliphatic rings. The lowest BCUT2D eigenvalue weighted by molar-refractivity contribution is -0.115. The number of nitrogens with zero attached hydrogens (tertiary/aromatic N) is 1. The molecule has 0 aliphatic carbocycles. The molecule has 1 aromatic heterocycles. The minimum Gasteiger partial charge on any atom is -0.302 e. The summed E-state index contributed by atoms with van der Waals surface area (Å²) in [6, 6.07) is 17.4. The first-order valence-corrected chi connectivity index (χ1v) is 8.41. The van der Waals surface area contributed by atoms with Crippen LogP contribution in [-0.2, 0) is 17.6 Å². The van der Waals surface area contributed by atoms with E-state index in [1.54, 1.807) is 6.20 Å². The SMILES string of the molecule is O=C(Cc1ccccc1)Nc1ncc(Cc2cccc(Cl)c2)s1. The number of nitrogens with one attached hydrogen (secondary N) is 1. The van der Waals surface area contributed by atoms with E-state index in [-0.39, 0.29) is 5.91 Å². The minimum atomic E-state index is -0.0557. The summed E-state index contributed by atoms with van der Waals surface area (Å²) in [5.41, 5.74) is 2.11. The normalized spacial score (nSPS) is 10.5. The number of rotatable bonds is 5. The first-order valence-electron chi connectivity index (χ1n) is 7.22. The highest BCUT2D eigenvalue weighted by molar-refractivity contribution is 7.15. The number of hydrogen-bond donors (Lipinski definition) is 1. The summed E-state index contributed by atoms with van der Waals surface area (Å²) >= 11 is 7.48. The number of carbonyl (C=O) groups is 1. The number of anilines is 1. The van der Waals surface area contributed by atoms with Gasteiger partial charge in [0, 0.05) is 22.5 Å². The predicted molar refractivity (Wildman–Crippen MR) is 95.1 cm³/mol. The summed E-state index contributed by atoms with van der Waals surface area (Å²) in [5.74, 6) is -0.0557. The zero-order valence-corrected chi connectivity index (χ0v) is 13.9. The van der Waals surface area contributed by atoms with E-state index in [9.17, 15) is 4.79 Å². The first kappa shape index (κ1) is 15.7. The second-order valence-electron chi connectivity index (χ2n) is 5.15. The van der Waals surface area contributed by atoms with Gasteiger partial charge in [-0.15, -0.1) is 11.3 Å². The molecular weight excluding hydrogens is 328 g/mol. The van der Waals surface area contributed by atoms with E-state index in [1.807, 2.05) is 54.6 Å². The number of aromatic nitrogens is 1. The van der Waals surface area contributed by atoms with Crippen LogP contribution >= 0.6 is 22.9 Å². The van der Waals surface area contributed by atoms with Gasteiger partial charge in [-0.05, 0) is 23.3 Å². The highest BCUT2D eigenvalue weighted by Gasteiger charge is 2.08. The van der Waals surface area contributed by atoms with Crippen molar-refractivity contribution in [3.05, 3.63) is 81.8 Å². The molecular formula is C18H15ClN2OS. The number of hydrogen-bond acceptors (Lipinski definition) is 3. The lowest BCUT2D eigenvalue weighted by Gasteiger charge is -2.01. The van der Waals surface area contributed by atoms with Crippen LogP contribution < -0.4 is 5.32 Å². The molecule has 1 amide bonds. The molecule has 1 heterocycles. The average molecular weight is 343 g/mol. The molecule has 3 aromatic rings. The van der Waals surface area contributed by atoms with Crippen molar-refractivity contribution in [2.45, 2.75) is 12.8 Å². The van der Waals surface area contributed by atoms with E-state index in [1.165, 1.54) is 11.3 Å². The van der Waals surface area contributed by atoms with Crippen LogP contribution in [0.5, 0.6) is 0 Å². The summed E-state index contributed by atoms with van der Waals surface area (Å²) in [5, 5.41) is 4.20. The molecule has 0 saturated carbocycles. The van der Waals surface area contributed by atoms with Gasteiger partial charge in [-0.25, -0.2) is 4.98 Å². The Labute approximate surface area is 144 Å². The van der Waals surface area contributed by atoms with Gasteiger partial charge in [0.15, 0.2) is 5.13 Å². The number of halogens is 1. The third-order valence-electron chi connectivity index (χ3n) is 3.27. The molecule has 3 nitrogen and oxygen atoms in total. The number of thiazole rings is 1. The van der Waals surface area contributed by atoms with E-state index in [4.69, 9.17) is 11.6 Å². The van der Waals surface area contributed by atoms with Gasteiger partial charge in [0.2, 0.25) is 5.91 Å². The molecule has 0 aliphatic heterocycles. The molecule has 1 N–H and O–H groups in total. The predicted octanol–water partition coefficient (Wildman–Crippen LogP) is 4.57. The highest BCUT2D eigenvalue weighted by atomic mass is 35.5. The summed E-state index contributed by atoms with van der Waals surface area (Å²) in [7, 11) is 0. The van der Waals surface area contributed by atoms with Crippen molar-refractivity contribution in [2.24, 2.45) is 0 Å². The Morgan fingerprint density at radius 1 is 1.09 bits per heavy atom. The number of benzene rings is 2. The smallest absolute Gasteiger partial charge is 0.230 e. The molecule has 5 heteroatoms. The second kappa shape index (κ2) is 7.40. The Hall–Kier alpha value is -2.17. The van der Waals surface area contributed by atoms with Crippen molar-refractivity contribution in [3.63, 3.8) is 0 Å². The number of carbonyl (C=O) groups excluding carboxylic acids is 1. The van der Waals surface area contributed by atoms with Crippen molar-refractivity contribution in [3.8, 4) is 0 Å². The van der Waals surface area contributed by atoms with E-state index in [0.29, 0.717) is 11.6 Å². The molecule has 0 bridgehead atoms. The molecule has 116 valence electrons. The van der Waals surface area contributed by atoms with Crippen LogP contribution in [-0.4, -0.2) is 10.9 Å². The van der Waals surface area contributed by atoms with Gasteiger partial charge < -0.3 is 5.32 Å². The lowest BCUT2D eigenvalue weighted by Crippen LogP contribution is -2.13. The van der Waals surface area contributed by atoms with Crippen molar-refractivity contribution in [1.29, 1.82) is 0 Å². The second-order valence-corrected chi connectivity index (χ2v) is 6.70. The third-order valence-corrected chi connectivity index (χ3v) is 4.42. The maximum atomic E-state index is 12.0. The van der Waals surface area contributed by atoms with Crippen LogP contribution in [0.4, 0.5) is 5.13 Å². The van der Waals surface area contributed by atoms with E-state index in [2.05, 4.69) is 10.3 Å². The maximum absolute atomic E-state index is 12.0. The molecule has 2 aromatic carbocycles. The van der Waals surface area contributed by atoms with Crippen LogP contribution in [0.1, 0.15) is 16.0 Å². The molecule has 0 atom stereocenters. The fourth-order valence-corrected chi connectivity index (χ4v) is 3.32. The van der Waals surface area contributed by atoms with Crippen LogP contribution in [0.15, 0.2) is 60.8 Å². The van der Waals surface area contributed by atoms with Gasteiger partial charge in [-0.3, -0.25) is 4.79 Å². The van der Waals surface area contributed by atoms with Crippen LogP contribution in [0.3, 0.4) is 0 Å². The summed E-state index contributed by atoms with van der Waals surface area (Å²) < 4.78 is 0. The van der Waals surface area contributed by atoms with Gasteiger partial charge in [-0.2, -0.15) is 0 Å². The lowest BCUT2D eigenvalue weighted by atomic mass is 10.1. The highest BCUT2D eigenvalue weighted by Crippen LogP contribution is 2.22. The van der Waals surface area contributed by atoms with Gasteiger partial charge in [0.05, 0.1) is 6.42 Å². The van der Waals surface area contributed by atoms with Crippen molar-refractivity contribution in [1.82, 2.24) is 4.98 Å². The third kappa shape index (κ3) is 4.65. The fraction of sp³-hybridized carbons (Fsp3) is 0.111. The Morgan fingerprint density at radius 3 is 2.65 bits per heavy atom. The van der Waals surface area contributed by atoms with Gasteiger partial charge in [0.1, 0.15) is 0 Å².